The molecule has 0 aliphatic heterocycles. The van der Waals surface area contributed by atoms with Gasteiger partial charge in [0.05, 0.1) is 0 Å². The average Bonchev–Trinajstić information content (AvgIpc) is 2.46. The van der Waals surface area contributed by atoms with E-state index in [0.29, 0.717) is 31.0 Å². The average molecular weight is 529 g/mol. The highest BCUT2D eigenvalue weighted by Gasteiger charge is 2.13. The number of nitrogens with one attached hydrogen (secondary N) is 3. The number of hydrogen-bond donors (Lipinski definition) is 3. The summed E-state index contributed by atoms with van der Waals surface area (Å²) in [6.45, 7) is 8.94. The van der Waals surface area contributed by atoms with Crippen molar-refractivity contribution >= 4 is 51.8 Å². The first-order chi connectivity index (χ1) is 11.2. The standard InChI is InChI=1S/C17H26BrFN4O.HI/c1-5-20-16(22-11-15(24)23-17(2,3)4)21-9-8-12-10-13(18)6-7-14(12)19;/h6-7,10H,5,8-9,11H2,1-4H3,(H,23,24)(H2,20,21,22);1H. The van der Waals surface area contributed by atoms with Crippen LogP contribution in [0.1, 0.15) is 33.3 Å². The number of hydrogen-bond acceptors (Lipinski definition) is 2. The summed E-state index contributed by atoms with van der Waals surface area (Å²) in [6.07, 6.45) is 0.518. The van der Waals surface area contributed by atoms with Gasteiger partial charge in [0.1, 0.15) is 12.4 Å². The van der Waals surface area contributed by atoms with Crippen molar-refractivity contribution in [2.75, 3.05) is 19.6 Å². The first-order valence-electron chi connectivity index (χ1n) is 7.98. The first kappa shape index (κ1) is 24.1. The van der Waals surface area contributed by atoms with Gasteiger partial charge in [-0.1, -0.05) is 15.9 Å². The quantitative estimate of drug-likeness (QED) is 0.302. The molecule has 5 nitrogen and oxygen atoms in total. The third kappa shape index (κ3) is 10.6. The van der Waals surface area contributed by atoms with E-state index >= 15 is 0 Å². The normalized spacial score (nSPS) is 11.5. The SMILES string of the molecule is CCNC(=NCC(=O)NC(C)(C)C)NCCc1cc(Br)ccc1F.I. The van der Waals surface area contributed by atoms with Crippen LogP contribution in [0, 0.1) is 5.82 Å². The molecule has 0 saturated heterocycles. The summed E-state index contributed by atoms with van der Waals surface area (Å²) in [4.78, 5) is 16.1. The maximum Gasteiger partial charge on any atom is 0.242 e. The summed E-state index contributed by atoms with van der Waals surface area (Å²) in [5.74, 6) is 0.168. The fourth-order valence-electron chi connectivity index (χ4n) is 2.00. The molecule has 0 atom stereocenters. The van der Waals surface area contributed by atoms with Crippen LogP contribution in [0.2, 0.25) is 0 Å². The summed E-state index contributed by atoms with van der Waals surface area (Å²) in [5.41, 5.74) is 0.342. The largest absolute Gasteiger partial charge is 0.357 e. The molecule has 0 bridgehead atoms. The van der Waals surface area contributed by atoms with Crippen LogP contribution in [0.25, 0.3) is 0 Å². The lowest BCUT2D eigenvalue weighted by atomic mass is 10.1. The highest BCUT2D eigenvalue weighted by Crippen LogP contribution is 2.15. The number of aliphatic imine (C=N–C) groups is 1. The third-order valence-corrected chi connectivity index (χ3v) is 3.43. The Morgan fingerprint density at radius 3 is 2.56 bits per heavy atom. The number of halogens is 3. The summed E-state index contributed by atoms with van der Waals surface area (Å²) >= 11 is 3.34. The van der Waals surface area contributed by atoms with E-state index in [4.69, 9.17) is 0 Å². The second kappa shape index (κ2) is 11.7. The van der Waals surface area contributed by atoms with Crippen molar-refractivity contribution in [2.24, 2.45) is 4.99 Å². The molecule has 3 N–H and O–H groups in total. The van der Waals surface area contributed by atoms with E-state index < -0.39 is 0 Å². The number of nitrogens with zero attached hydrogens (tertiary/aromatic N) is 1. The molecule has 1 aromatic rings. The van der Waals surface area contributed by atoms with Gasteiger partial charge >= 0.3 is 0 Å². The van der Waals surface area contributed by atoms with Crippen LogP contribution in [0.4, 0.5) is 4.39 Å². The van der Waals surface area contributed by atoms with Crippen molar-refractivity contribution in [3.8, 4) is 0 Å². The number of amides is 1. The molecule has 0 aliphatic carbocycles. The van der Waals surface area contributed by atoms with Crippen LogP contribution in [-0.4, -0.2) is 37.0 Å². The summed E-state index contributed by atoms with van der Waals surface area (Å²) in [6, 6.07) is 4.87. The van der Waals surface area contributed by atoms with Gasteiger partial charge in [0.25, 0.3) is 0 Å². The minimum absolute atomic E-state index is 0. The van der Waals surface area contributed by atoms with Gasteiger partial charge in [-0.3, -0.25) is 4.79 Å². The van der Waals surface area contributed by atoms with Crippen molar-refractivity contribution in [2.45, 2.75) is 39.7 Å². The first-order valence-corrected chi connectivity index (χ1v) is 8.77. The van der Waals surface area contributed by atoms with E-state index in [-0.39, 0.29) is 47.8 Å². The number of rotatable bonds is 6. The van der Waals surface area contributed by atoms with Crippen molar-refractivity contribution in [1.82, 2.24) is 16.0 Å². The topological polar surface area (TPSA) is 65.5 Å². The van der Waals surface area contributed by atoms with Crippen LogP contribution < -0.4 is 16.0 Å². The van der Waals surface area contributed by atoms with Gasteiger partial charge in [0.15, 0.2) is 5.96 Å². The Balaban J connectivity index is 0.00000576. The molecule has 0 aliphatic rings. The zero-order chi connectivity index (χ0) is 18.2. The molecule has 0 unspecified atom stereocenters. The van der Waals surface area contributed by atoms with E-state index in [1.54, 1.807) is 12.1 Å². The Bertz CT molecular complexity index is 591. The lowest BCUT2D eigenvalue weighted by Crippen LogP contribution is -2.43. The monoisotopic (exact) mass is 528 g/mol. The Morgan fingerprint density at radius 1 is 1.28 bits per heavy atom. The molecule has 1 aromatic carbocycles. The van der Waals surface area contributed by atoms with Crippen LogP contribution >= 0.6 is 39.9 Å². The maximum atomic E-state index is 13.7. The lowest BCUT2D eigenvalue weighted by Gasteiger charge is -2.20. The third-order valence-electron chi connectivity index (χ3n) is 2.93. The number of carbonyl (C=O) groups is 1. The van der Waals surface area contributed by atoms with Gasteiger partial charge in [-0.05, 0) is 57.9 Å². The highest BCUT2D eigenvalue weighted by molar-refractivity contribution is 14.0. The molecule has 1 amide bonds. The molecule has 0 fully saturated rings. The van der Waals surface area contributed by atoms with E-state index in [0.717, 1.165) is 4.47 Å². The number of benzene rings is 1. The Kier molecular flexibility index (Phi) is 11.2. The van der Waals surface area contributed by atoms with Crippen LogP contribution in [0.15, 0.2) is 27.7 Å². The van der Waals surface area contributed by atoms with Gasteiger partial charge in [-0.15, -0.1) is 24.0 Å². The van der Waals surface area contributed by atoms with Crippen molar-refractivity contribution in [1.29, 1.82) is 0 Å². The van der Waals surface area contributed by atoms with E-state index in [9.17, 15) is 9.18 Å². The van der Waals surface area contributed by atoms with E-state index in [1.807, 2.05) is 27.7 Å². The van der Waals surface area contributed by atoms with E-state index in [1.165, 1.54) is 6.07 Å². The van der Waals surface area contributed by atoms with Crippen LogP contribution in [0.3, 0.4) is 0 Å². The minimum Gasteiger partial charge on any atom is -0.357 e. The minimum atomic E-state index is -0.281. The van der Waals surface area contributed by atoms with Gasteiger partial charge < -0.3 is 16.0 Å². The van der Waals surface area contributed by atoms with Crippen molar-refractivity contribution < 1.29 is 9.18 Å². The van der Waals surface area contributed by atoms with Crippen molar-refractivity contribution in [3.05, 3.63) is 34.1 Å². The molecule has 0 radical (unpaired) electrons. The zero-order valence-electron chi connectivity index (χ0n) is 15.1. The molecular formula is C17H27BrFIN4O. The summed E-state index contributed by atoms with van der Waals surface area (Å²) in [7, 11) is 0. The van der Waals surface area contributed by atoms with Crippen LogP contribution in [-0.2, 0) is 11.2 Å². The maximum absolute atomic E-state index is 13.7. The van der Waals surface area contributed by atoms with Crippen molar-refractivity contribution in [3.63, 3.8) is 0 Å². The second-order valence-corrected chi connectivity index (χ2v) is 7.32. The van der Waals surface area contributed by atoms with Gasteiger partial charge in [-0.2, -0.15) is 0 Å². The molecule has 8 heteroatoms. The number of guanidine groups is 1. The Morgan fingerprint density at radius 2 is 1.96 bits per heavy atom. The Hall–Kier alpha value is -0.900. The predicted molar refractivity (Wildman–Crippen MR) is 115 cm³/mol. The molecule has 0 heterocycles. The van der Waals surface area contributed by atoms with E-state index in [2.05, 4.69) is 36.9 Å². The molecule has 25 heavy (non-hydrogen) atoms. The summed E-state index contributed by atoms with van der Waals surface area (Å²) in [5, 5.41) is 9.04. The summed E-state index contributed by atoms with van der Waals surface area (Å²) < 4.78 is 14.6. The zero-order valence-corrected chi connectivity index (χ0v) is 19.0. The smallest absolute Gasteiger partial charge is 0.242 e. The fraction of sp³-hybridized carbons (Fsp3) is 0.529. The molecule has 1 rings (SSSR count). The highest BCUT2D eigenvalue weighted by atomic mass is 127. The van der Waals surface area contributed by atoms with Gasteiger partial charge in [-0.25, -0.2) is 9.38 Å². The second-order valence-electron chi connectivity index (χ2n) is 6.41. The molecule has 0 aromatic heterocycles. The lowest BCUT2D eigenvalue weighted by molar-refractivity contribution is -0.121. The predicted octanol–water partition coefficient (Wildman–Crippen LogP) is 3.22. The fourth-order valence-corrected chi connectivity index (χ4v) is 2.41. The molecule has 142 valence electrons. The van der Waals surface area contributed by atoms with Gasteiger partial charge in [0, 0.05) is 23.1 Å². The van der Waals surface area contributed by atoms with Gasteiger partial charge in [0.2, 0.25) is 5.91 Å². The molecule has 0 spiro atoms. The molecule has 0 saturated carbocycles. The number of carbonyl (C=O) groups excluding carboxylic acids is 1. The van der Waals surface area contributed by atoms with Crippen LogP contribution in [0.5, 0.6) is 0 Å². The molecular weight excluding hydrogens is 502 g/mol. The Labute approximate surface area is 174 Å².